The van der Waals surface area contributed by atoms with Crippen LogP contribution in [0.5, 0.6) is 5.75 Å². The van der Waals surface area contributed by atoms with E-state index in [4.69, 9.17) is 10.6 Å². The lowest BCUT2D eigenvalue weighted by Crippen LogP contribution is -2.28. The highest BCUT2D eigenvalue weighted by Gasteiger charge is 2.16. The van der Waals surface area contributed by atoms with E-state index in [1.807, 2.05) is 5.38 Å². The molecule has 2 aromatic rings. The van der Waals surface area contributed by atoms with Crippen LogP contribution in [0.4, 0.5) is 8.78 Å². The highest BCUT2D eigenvalue weighted by Crippen LogP contribution is 2.31. The fourth-order valence-electron chi connectivity index (χ4n) is 1.63. The van der Waals surface area contributed by atoms with E-state index >= 15 is 0 Å². The van der Waals surface area contributed by atoms with Crippen LogP contribution in [0.15, 0.2) is 29.6 Å². The normalized spacial score (nSPS) is 12.4. The molecule has 0 saturated heterocycles. The summed E-state index contributed by atoms with van der Waals surface area (Å²) in [6, 6.07) is 5.12. The number of hydrogen-bond acceptors (Lipinski definition) is 4. The van der Waals surface area contributed by atoms with Gasteiger partial charge in [0.15, 0.2) is 11.6 Å². The zero-order valence-electron chi connectivity index (χ0n) is 9.61. The topological polar surface area (TPSA) is 47.3 Å². The van der Waals surface area contributed by atoms with E-state index in [1.165, 1.54) is 17.4 Å². The minimum Gasteiger partial charge on any atom is -0.496 e. The van der Waals surface area contributed by atoms with E-state index in [9.17, 15) is 8.78 Å². The number of methoxy groups -OCH3 is 1. The molecule has 2 rings (SSSR count). The first-order valence-corrected chi connectivity index (χ1v) is 6.07. The predicted octanol–water partition coefficient (Wildman–Crippen LogP) is 2.59. The van der Waals surface area contributed by atoms with Gasteiger partial charge in [-0.25, -0.2) is 14.2 Å². The largest absolute Gasteiger partial charge is 0.496 e. The molecular formula is C12H12F2N2OS. The standard InChI is InChI=1S/C12H12F2N2OS/c1-17-8-5-11(18-6-8)12(16-15)7-2-3-9(13)10(14)4-7/h2-6,12,16H,15H2,1H3. The highest BCUT2D eigenvalue weighted by molar-refractivity contribution is 7.10. The van der Waals surface area contributed by atoms with Gasteiger partial charge in [0.25, 0.3) is 0 Å². The van der Waals surface area contributed by atoms with E-state index in [2.05, 4.69) is 5.43 Å². The number of nitrogens with one attached hydrogen (secondary N) is 1. The summed E-state index contributed by atoms with van der Waals surface area (Å²) in [5.41, 5.74) is 3.14. The summed E-state index contributed by atoms with van der Waals surface area (Å²) in [6.07, 6.45) is 0. The second kappa shape index (κ2) is 5.43. The van der Waals surface area contributed by atoms with Crippen molar-refractivity contribution in [3.8, 4) is 5.75 Å². The third-order valence-electron chi connectivity index (χ3n) is 2.56. The molecule has 1 heterocycles. The first kappa shape index (κ1) is 12.9. The molecule has 18 heavy (non-hydrogen) atoms. The molecule has 0 radical (unpaired) electrons. The first-order chi connectivity index (χ1) is 8.65. The lowest BCUT2D eigenvalue weighted by molar-refractivity contribution is 0.416. The van der Waals surface area contributed by atoms with Crippen LogP contribution in [-0.2, 0) is 0 Å². The van der Waals surface area contributed by atoms with E-state index in [0.29, 0.717) is 11.3 Å². The van der Waals surface area contributed by atoms with Crippen LogP contribution in [0.25, 0.3) is 0 Å². The first-order valence-electron chi connectivity index (χ1n) is 5.19. The van der Waals surface area contributed by atoms with Crippen molar-refractivity contribution in [3.05, 3.63) is 51.7 Å². The van der Waals surface area contributed by atoms with E-state index in [-0.39, 0.29) is 0 Å². The molecule has 0 bridgehead atoms. The minimum atomic E-state index is -0.892. The maximum Gasteiger partial charge on any atom is 0.159 e. The number of nitrogens with two attached hydrogens (primary N) is 1. The average Bonchev–Trinajstić information content (AvgIpc) is 2.83. The molecule has 0 fully saturated rings. The number of halogens is 2. The molecule has 1 aromatic heterocycles. The van der Waals surface area contributed by atoms with Gasteiger partial charge in [-0.05, 0) is 23.8 Å². The summed E-state index contributed by atoms with van der Waals surface area (Å²) >= 11 is 1.43. The zero-order chi connectivity index (χ0) is 13.1. The van der Waals surface area contributed by atoms with Crippen LogP contribution in [0, 0.1) is 11.6 Å². The Hall–Kier alpha value is -1.50. The predicted molar refractivity (Wildman–Crippen MR) is 66.4 cm³/mol. The van der Waals surface area contributed by atoms with Crippen molar-refractivity contribution in [1.29, 1.82) is 0 Å². The summed E-state index contributed by atoms with van der Waals surface area (Å²) in [6.45, 7) is 0. The fourth-order valence-corrected chi connectivity index (χ4v) is 2.57. The molecule has 0 aliphatic heterocycles. The number of thiophene rings is 1. The summed E-state index contributed by atoms with van der Waals surface area (Å²) in [5.74, 6) is 4.41. The smallest absolute Gasteiger partial charge is 0.159 e. The zero-order valence-corrected chi connectivity index (χ0v) is 10.4. The minimum absolute atomic E-state index is 0.394. The van der Waals surface area contributed by atoms with Gasteiger partial charge in [0.2, 0.25) is 0 Å². The van der Waals surface area contributed by atoms with Crippen molar-refractivity contribution in [2.75, 3.05) is 7.11 Å². The Labute approximate surface area is 107 Å². The SMILES string of the molecule is COc1csc(C(NN)c2ccc(F)c(F)c2)c1. The molecule has 0 amide bonds. The van der Waals surface area contributed by atoms with Crippen molar-refractivity contribution in [2.45, 2.75) is 6.04 Å². The maximum absolute atomic E-state index is 13.2. The number of ether oxygens (including phenoxy) is 1. The molecule has 0 aliphatic carbocycles. The number of rotatable bonds is 4. The van der Waals surface area contributed by atoms with Gasteiger partial charge in [0.05, 0.1) is 13.2 Å². The van der Waals surface area contributed by atoms with Gasteiger partial charge >= 0.3 is 0 Å². The maximum atomic E-state index is 13.2. The van der Waals surface area contributed by atoms with Gasteiger partial charge in [-0.2, -0.15) is 0 Å². The Morgan fingerprint density at radius 2 is 2.06 bits per heavy atom. The lowest BCUT2D eigenvalue weighted by atomic mass is 10.1. The fraction of sp³-hybridized carbons (Fsp3) is 0.167. The van der Waals surface area contributed by atoms with Crippen LogP contribution in [-0.4, -0.2) is 7.11 Å². The summed E-state index contributed by atoms with van der Waals surface area (Å²) in [5, 5.41) is 1.82. The van der Waals surface area contributed by atoms with Crippen LogP contribution in [0.1, 0.15) is 16.5 Å². The van der Waals surface area contributed by atoms with Gasteiger partial charge in [-0.3, -0.25) is 5.84 Å². The van der Waals surface area contributed by atoms with Crippen molar-refractivity contribution in [3.63, 3.8) is 0 Å². The summed E-state index contributed by atoms with van der Waals surface area (Å²) in [4.78, 5) is 0.861. The van der Waals surface area contributed by atoms with Crippen LogP contribution in [0.3, 0.4) is 0 Å². The van der Waals surface area contributed by atoms with E-state index in [0.717, 1.165) is 17.0 Å². The number of benzene rings is 1. The molecule has 3 nitrogen and oxygen atoms in total. The highest BCUT2D eigenvalue weighted by atomic mass is 32.1. The molecule has 0 spiro atoms. The third-order valence-corrected chi connectivity index (χ3v) is 3.54. The van der Waals surface area contributed by atoms with Crippen molar-refractivity contribution < 1.29 is 13.5 Å². The van der Waals surface area contributed by atoms with Crippen molar-refractivity contribution in [1.82, 2.24) is 5.43 Å². The van der Waals surface area contributed by atoms with E-state index < -0.39 is 17.7 Å². The summed E-state index contributed by atoms with van der Waals surface area (Å²) < 4.78 is 31.2. The lowest BCUT2D eigenvalue weighted by Gasteiger charge is -2.14. The Balaban J connectivity index is 2.35. The number of hydrogen-bond donors (Lipinski definition) is 2. The van der Waals surface area contributed by atoms with Crippen LogP contribution >= 0.6 is 11.3 Å². The molecule has 3 N–H and O–H groups in total. The molecule has 0 aliphatic rings. The van der Waals surface area contributed by atoms with Crippen LogP contribution < -0.4 is 16.0 Å². The van der Waals surface area contributed by atoms with Gasteiger partial charge < -0.3 is 4.74 Å². The quantitative estimate of drug-likeness (QED) is 0.663. The Bertz CT molecular complexity index is 545. The van der Waals surface area contributed by atoms with Gasteiger partial charge in [0.1, 0.15) is 5.75 Å². The molecule has 1 atom stereocenters. The molecule has 6 heteroatoms. The van der Waals surface area contributed by atoms with Crippen LogP contribution in [0.2, 0.25) is 0 Å². The second-order valence-electron chi connectivity index (χ2n) is 3.66. The van der Waals surface area contributed by atoms with Gasteiger partial charge in [0, 0.05) is 10.3 Å². The van der Waals surface area contributed by atoms with Gasteiger partial charge in [-0.15, -0.1) is 11.3 Å². The van der Waals surface area contributed by atoms with Crippen molar-refractivity contribution >= 4 is 11.3 Å². The van der Waals surface area contributed by atoms with Crippen molar-refractivity contribution in [2.24, 2.45) is 5.84 Å². The Kier molecular flexibility index (Phi) is 3.90. The average molecular weight is 270 g/mol. The Morgan fingerprint density at radius 1 is 1.28 bits per heavy atom. The molecule has 0 saturated carbocycles. The molecule has 1 aromatic carbocycles. The third kappa shape index (κ3) is 2.50. The molecule has 96 valence electrons. The second-order valence-corrected chi connectivity index (χ2v) is 4.60. The number of hydrazine groups is 1. The Morgan fingerprint density at radius 3 is 2.61 bits per heavy atom. The van der Waals surface area contributed by atoms with Gasteiger partial charge in [-0.1, -0.05) is 6.07 Å². The summed E-state index contributed by atoms with van der Waals surface area (Å²) in [7, 11) is 1.56. The molecule has 1 unspecified atom stereocenters. The molecular weight excluding hydrogens is 258 g/mol. The monoisotopic (exact) mass is 270 g/mol. The van der Waals surface area contributed by atoms with E-state index in [1.54, 1.807) is 13.2 Å².